The maximum absolute atomic E-state index is 12.8. The zero-order chi connectivity index (χ0) is 21.6. The SMILES string of the molecule is O=C(C[C@H](c1cccc([N+](=O)[O-])c1)c1c[nH]c2ccccc12)NCCc1ccccc1. The average molecular weight is 413 g/mol. The summed E-state index contributed by atoms with van der Waals surface area (Å²) in [6.07, 6.45) is 2.85. The van der Waals surface area contributed by atoms with E-state index in [0.29, 0.717) is 6.54 Å². The first kappa shape index (κ1) is 20.3. The van der Waals surface area contributed by atoms with E-state index in [1.165, 1.54) is 6.07 Å². The van der Waals surface area contributed by atoms with Gasteiger partial charge in [0.2, 0.25) is 5.91 Å². The van der Waals surface area contributed by atoms with Crippen molar-refractivity contribution >= 4 is 22.5 Å². The smallest absolute Gasteiger partial charge is 0.269 e. The molecule has 4 aromatic rings. The number of carbonyl (C=O) groups is 1. The number of carbonyl (C=O) groups excluding carboxylic acids is 1. The van der Waals surface area contributed by atoms with E-state index >= 15 is 0 Å². The van der Waals surface area contributed by atoms with Crippen LogP contribution in [0.3, 0.4) is 0 Å². The van der Waals surface area contributed by atoms with Crippen LogP contribution < -0.4 is 5.32 Å². The molecule has 31 heavy (non-hydrogen) atoms. The van der Waals surface area contributed by atoms with E-state index in [1.54, 1.807) is 12.1 Å². The topological polar surface area (TPSA) is 88.0 Å². The van der Waals surface area contributed by atoms with Crippen molar-refractivity contribution in [3.8, 4) is 0 Å². The molecule has 1 atom stereocenters. The number of nitrogens with zero attached hydrogens (tertiary/aromatic N) is 1. The lowest BCUT2D eigenvalue weighted by Gasteiger charge is -2.17. The van der Waals surface area contributed by atoms with Gasteiger partial charge in [0.1, 0.15) is 0 Å². The Morgan fingerprint density at radius 2 is 1.77 bits per heavy atom. The van der Waals surface area contributed by atoms with Crippen molar-refractivity contribution in [1.82, 2.24) is 10.3 Å². The fraction of sp³-hybridized carbons (Fsp3) is 0.160. The number of hydrogen-bond donors (Lipinski definition) is 2. The predicted molar refractivity (Wildman–Crippen MR) is 121 cm³/mol. The highest BCUT2D eigenvalue weighted by atomic mass is 16.6. The van der Waals surface area contributed by atoms with Gasteiger partial charge in [0.15, 0.2) is 0 Å². The number of fused-ring (bicyclic) bond motifs is 1. The second kappa shape index (κ2) is 9.26. The highest BCUT2D eigenvalue weighted by Crippen LogP contribution is 2.34. The molecule has 0 saturated heterocycles. The van der Waals surface area contributed by atoms with Crippen molar-refractivity contribution in [1.29, 1.82) is 0 Å². The summed E-state index contributed by atoms with van der Waals surface area (Å²) < 4.78 is 0. The molecule has 6 heteroatoms. The lowest BCUT2D eigenvalue weighted by molar-refractivity contribution is -0.384. The van der Waals surface area contributed by atoms with Crippen LogP contribution in [0.15, 0.2) is 85.1 Å². The molecule has 0 spiro atoms. The number of hydrogen-bond acceptors (Lipinski definition) is 3. The first-order valence-electron chi connectivity index (χ1n) is 10.2. The molecule has 0 unspecified atom stereocenters. The number of nitrogens with one attached hydrogen (secondary N) is 2. The number of amides is 1. The second-order valence-corrected chi connectivity index (χ2v) is 7.48. The summed E-state index contributed by atoms with van der Waals surface area (Å²) in [6.45, 7) is 0.540. The number of aromatic amines is 1. The molecule has 1 aromatic heterocycles. The average Bonchev–Trinajstić information content (AvgIpc) is 3.22. The largest absolute Gasteiger partial charge is 0.361 e. The molecule has 2 N–H and O–H groups in total. The second-order valence-electron chi connectivity index (χ2n) is 7.48. The molecule has 4 rings (SSSR count). The van der Waals surface area contributed by atoms with Crippen molar-refractivity contribution in [3.05, 3.63) is 112 Å². The van der Waals surface area contributed by atoms with Gasteiger partial charge in [-0.05, 0) is 29.2 Å². The summed E-state index contributed by atoms with van der Waals surface area (Å²) in [4.78, 5) is 26.9. The molecule has 0 radical (unpaired) electrons. The van der Waals surface area contributed by atoms with Crippen LogP contribution in [-0.2, 0) is 11.2 Å². The Bertz CT molecular complexity index is 1200. The van der Waals surface area contributed by atoms with Crippen LogP contribution in [0, 0.1) is 10.1 Å². The molecular formula is C25H23N3O3. The molecule has 1 amide bonds. The van der Waals surface area contributed by atoms with E-state index in [2.05, 4.69) is 10.3 Å². The Morgan fingerprint density at radius 3 is 2.58 bits per heavy atom. The van der Waals surface area contributed by atoms with Crippen molar-refractivity contribution in [3.63, 3.8) is 0 Å². The maximum Gasteiger partial charge on any atom is 0.269 e. The van der Waals surface area contributed by atoms with Gasteiger partial charge in [-0.3, -0.25) is 14.9 Å². The van der Waals surface area contributed by atoms with Crippen molar-refractivity contribution in [2.45, 2.75) is 18.8 Å². The van der Waals surface area contributed by atoms with E-state index in [1.807, 2.05) is 66.9 Å². The quantitative estimate of drug-likeness (QED) is 0.316. The Morgan fingerprint density at radius 1 is 1.00 bits per heavy atom. The number of nitro groups is 1. The lowest BCUT2D eigenvalue weighted by Crippen LogP contribution is -2.27. The van der Waals surface area contributed by atoms with Gasteiger partial charge >= 0.3 is 0 Å². The molecule has 3 aromatic carbocycles. The van der Waals surface area contributed by atoms with E-state index in [4.69, 9.17) is 0 Å². The third kappa shape index (κ3) is 4.80. The fourth-order valence-electron chi connectivity index (χ4n) is 3.89. The van der Waals surface area contributed by atoms with Gasteiger partial charge in [-0.25, -0.2) is 0 Å². The number of rotatable bonds is 8. The molecule has 0 saturated carbocycles. The molecule has 0 fully saturated rings. The van der Waals surface area contributed by atoms with Gasteiger partial charge in [-0.15, -0.1) is 0 Å². The van der Waals surface area contributed by atoms with Crippen LogP contribution in [0.4, 0.5) is 5.69 Å². The Balaban J connectivity index is 1.57. The summed E-state index contributed by atoms with van der Waals surface area (Å²) in [7, 11) is 0. The zero-order valence-electron chi connectivity index (χ0n) is 17.0. The highest BCUT2D eigenvalue weighted by molar-refractivity contribution is 5.86. The molecule has 0 aliphatic carbocycles. The third-order valence-corrected chi connectivity index (χ3v) is 5.45. The summed E-state index contributed by atoms with van der Waals surface area (Å²) in [5, 5.41) is 15.3. The first-order chi connectivity index (χ1) is 15.1. The molecular weight excluding hydrogens is 390 g/mol. The molecule has 156 valence electrons. The minimum absolute atomic E-state index is 0.0202. The van der Waals surface area contributed by atoms with E-state index < -0.39 is 4.92 Å². The van der Waals surface area contributed by atoms with Crippen LogP contribution in [-0.4, -0.2) is 22.4 Å². The summed E-state index contributed by atoms with van der Waals surface area (Å²) in [6, 6.07) is 24.4. The first-order valence-corrected chi connectivity index (χ1v) is 10.2. The third-order valence-electron chi connectivity index (χ3n) is 5.45. The van der Waals surface area contributed by atoms with Crippen molar-refractivity contribution < 1.29 is 9.72 Å². The normalized spacial score (nSPS) is 11.9. The summed E-state index contributed by atoms with van der Waals surface area (Å²) in [5.74, 6) is -0.384. The predicted octanol–water partition coefficient (Wildman–Crippen LogP) is 4.96. The highest BCUT2D eigenvalue weighted by Gasteiger charge is 2.23. The number of aromatic nitrogens is 1. The van der Waals surface area contributed by atoms with Crippen LogP contribution in [0.5, 0.6) is 0 Å². The minimum atomic E-state index is -0.407. The number of para-hydroxylation sites is 1. The Labute approximate surface area is 180 Å². The summed E-state index contributed by atoms with van der Waals surface area (Å²) in [5.41, 5.74) is 3.85. The van der Waals surface area contributed by atoms with Crippen molar-refractivity contribution in [2.24, 2.45) is 0 Å². The molecule has 1 heterocycles. The Kier molecular flexibility index (Phi) is 6.08. The van der Waals surface area contributed by atoms with Crippen molar-refractivity contribution in [2.75, 3.05) is 6.54 Å². The molecule has 0 aliphatic heterocycles. The number of non-ortho nitro benzene ring substituents is 1. The van der Waals surface area contributed by atoms with Gasteiger partial charge < -0.3 is 10.3 Å². The zero-order valence-corrected chi connectivity index (χ0v) is 17.0. The van der Waals surface area contributed by atoms with Crippen LogP contribution >= 0.6 is 0 Å². The van der Waals surface area contributed by atoms with E-state index in [9.17, 15) is 14.9 Å². The van der Waals surface area contributed by atoms with Gasteiger partial charge in [-0.1, -0.05) is 60.7 Å². The van der Waals surface area contributed by atoms with Gasteiger partial charge in [0.05, 0.1) is 4.92 Å². The molecule has 0 aliphatic rings. The van der Waals surface area contributed by atoms with Crippen LogP contribution in [0.1, 0.15) is 29.0 Å². The summed E-state index contributed by atoms with van der Waals surface area (Å²) >= 11 is 0. The maximum atomic E-state index is 12.8. The lowest BCUT2D eigenvalue weighted by atomic mass is 9.87. The minimum Gasteiger partial charge on any atom is -0.361 e. The standard InChI is InChI=1S/C25H23N3O3/c29-25(26-14-13-18-7-2-1-3-8-18)16-22(19-9-6-10-20(15-19)28(30)31)23-17-27-24-12-5-4-11-21(23)24/h1-12,15,17,22,27H,13-14,16H2,(H,26,29)/t22-/m1/s1. The number of benzene rings is 3. The van der Waals surface area contributed by atoms with E-state index in [0.717, 1.165) is 34.0 Å². The van der Waals surface area contributed by atoms with Crippen LogP contribution in [0.2, 0.25) is 0 Å². The monoisotopic (exact) mass is 413 g/mol. The van der Waals surface area contributed by atoms with Crippen LogP contribution in [0.25, 0.3) is 10.9 Å². The Hall–Kier alpha value is -3.93. The fourth-order valence-corrected chi connectivity index (χ4v) is 3.89. The molecule has 6 nitrogen and oxygen atoms in total. The van der Waals surface area contributed by atoms with Gasteiger partial charge in [0.25, 0.3) is 5.69 Å². The number of H-pyrrole nitrogens is 1. The van der Waals surface area contributed by atoms with E-state index in [-0.39, 0.29) is 23.9 Å². The van der Waals surface area contributed by atoms with Gasteiger partial charge in [-0.2, -0.15) is 0 Å². The number of nitro benzene ring substituents is 1. The van der Waals surface area contributed by atoms with Gasteiger partial charge in [0, 0.05) is 48.1 Å². The molecule has 0 bridgehead atoms.